The Labute approximate surface area is 150 Å². The van der Waals surface area contributed by atoms with Crippen molar-refractivity contribution in [2.75, 3.05) is 5.73 Å². The van der Waals surface area contributed by atoms with E-state index >= 15 is 0 Å². The van der Waals surface area contributed by atoms with Gasteiger partial charge in [0.25, 0.3) is 0 Å². The molecule has 0 spiro atoms. The van der Waals surface area contributed by atoms with Crippen molar-refractivity contribution in [1.82, 2.24) is 15.0 Å². The van der Waals surface area contributed by atoms with Crippen LogP contribution in [-0.4, -0.2) is 15.0 Å². The van der Waals surface area contributed by atoms with E-state index in [1.165, 1.54) is 11.9 Å². The number of nitrogens with two attached hydrogens (primary N) is 1. The Morgan fingerprint density at radius 1 is 0.880 bits per heavy atom. The average molecular weight is 347 g/mol. The van der Waals surface area contributed by atoms with Crippen LogP contribution in [0.2, 0.25) is 5.02 Å². The molecule has 25 heavy (non-hydrogen) atoms. The van der Waals surface area contributed by atoms with Crippen LogP contribution in [0.15, 0.2) is 60.9 Å². The fraction of sp³-hybridized carbons (Fsp3) is 0.0500. The van der Waals surface area contributed by atoms with Crippen molar-refractivity contribution in [1.29, 1.82) is 0 Å². The van der Waals surface area contributed by atoms with Crippen LogP contribution in [0.5, 0.6) is 0 Å². The molecule has 5 heteroatoms. The highest BCUT2D eigenvalue weighted by Crippen LogP contribution is 2.34. The standard InChI is InChI=1S/C20H15ClN4/c1-12-2-4-13(5-3-12)16-10-17-19(22)23-11-24-20(17)25-18(16)14-6-8-15(21)9-7-14/h2-11H,1H3,(H2,22,23,24,25). The molecule has 0 atom stereocenters. The minimum atomic E-state index is 0.425. The van der Waals surface area contributed by atoms with E-state index in [0.29, 0.717) is 16.5 Å². The first-order valence-corrected chi connectivity index (χ1v) is 8.24. The van der Waals surface area contributed by atoms with Gasteiger partial charge in [0.05, 0.1) is 11.1 Å². The van der Waals surface area contributed by atoms with E-state index in [1.54, 1.807) is 0 Å². The summed E-state index contributed by atoms with van der Waals surface area (Å²) in [6.45, 7) is 2.06. The largest absolute Gasteiger partial charge is 0.383 e. The number of anilines is 1. The molecule has 0 fully saturated rings. The number of nitrogen functional groups attached to an aromatic ring is 1. The van der Waals surface area contributed by atoms with Crippen LogP contribution in [-0.2, 0) is 0 Å². The predicted molar refractivity (Wildman–Crippen MR) is 102 cm³/mol. The molecule has 0 bridgehead atoms. The van der Waals surface area contributed by atoms with Crippen molar-refractivity contribution in [2.45, 2.75) is 6.92 Å². The second-order valence-corrected chi connectivity index (χ2v) is 6.32. The van der Waals surface area contributed by atoms with Gasteiger partial charge in [0, 0.05) is 16.1 Å². The van der Waals surface area contributed by atoms with Crippen molar-refractivity contribution in [3.63, 3.8) is 0 Å². The van der Waals surface area contributed by atoms with Gasteiger partial charge in [0.1, 0.15) is 12.1 Å². The Balaban J connectivity index is 2.03. The molecule has 4 rings (SSSR count). The molecular formula is C20H15ClN4. The summed E-state index contributed by atoms with van der Waals surface area (Å²) < 4.78 is 0. The SMILES string of the molecule is Cc1ccc(-c2cc3c(N)ncnc3nc2-c2ccc(Cl)cc2)cc1. The normalized spacial score (nSPS) is 11.0. The third-order valence-electron chi connectivity index (χ3n) is 4.14. The van der Waals surface area contributed by atoms with E-state index in [0.717, 1.165) is 27.8 Å². The molecule has 2 N–H and O–H groups in total. The van der Waals surface area contributed by atoms with E-state index in [2.05, 4.69) is 41.2 Å². The van der Waals surface area contributed by atoms with Gasteiger partial charge in [-0.05, 0) is 30.7 Å². The van der Waals surface area contributed by atoms with Gasteiger partial charge in [-0.1, -0.05) is 53.6 Å². The lowest BCUT2D eigenvalue weighted by Gasteiger charge is -2.12. The zero-order chi connectivity index (χ0) is 17.4. The van der Waals surface area contributed by atoms with Gasteiger partial charge in [0.15, 0.2) is 5.65 Å². The summed E-state index contributed by atoms with van der Waals surface area (Å²) in [6.07, 6.45) is 1.43. The van der Waals surface area contributed by atoms with Crippen molar-refractivity contribution >= 4 is 28.5 Å². The molecule has 0 aliphatic carbocycles. The molecule has 122 valence electrons. The van der Waals surface area contributed by atoms with Crippen molar-refractivity contribution in [2.24, 2.45) is 0 Å². The second kappa shape index (κ2) is 6.15. The van der Waals surface area contributed by atoms with Crippen LogP contribution in [0.25, 0.3) is 33.4 Å². The monoisotopic (exact) mass is 346 g/mol. The van der Waals surface area contributed by atoms with Crippen LogP contribution in [0, 0.1) is 6.92 Å². The number of benzene rings is 2. The van der Waals surface area contributed by atoms with E-state index in [4.69, 9.17) is 22.3 Å². The molecule has 2 aromatic heterocycles. The lowest BCUT2D eigenvalue weighted by Crippen LogP contribution is -1.98. The van der Waals surface area contributed by atoms with E-state index in [-0.39, 0.29) is 0 Å². The molecule has 4 aromatic rings. The number of pyridine rings is 1. The molecule has 2 aromatic carbocycles. The van der Waals surface area contributed by atoms with Crippen molar-refractivity contribution < 1.29 is 0 Å². The first-order valence-electron chi connectivity index (χ1n) is 7.86. The lowest BCUT2D eigenvalue weighted by atomic mass is 9.97. The number of aromatic nitrogens is 3. The van der Waals surface area contributed by atoms with Gasteiger partial charge < -0.3 is 5.73 Å². The van der Waals surface area contributed by atoms with Crippen molar-refractivity contribution in [3.05, 3.63) is 71.5 Å². The summed E-state index contributed by atoms with van der Waals surface area (Å²) in [5.41, 5.74) is 11.7. The molecule has 0 radical (unpaired) electrons. The summed E-state index contributed by atoms with van der Waals surface area (Å²) in [6, 6.07) is 18.0. The zero-order valence-corrected chi connectivity index (χ0v) is 14.3. The topological polar surface area (TPSA) is 64.7 Å². The van der Waals surface area contributed by atoms with E-state index in [9.17, 15) is 0 Å². The smallest absolute Gasteiger partial charge is 0.165 e. The Morgan fingerprint density at radius 3 is 2.28 bits per heavy atom. The molecule has 0 amide bonds. The maximum atomic E-state index is 6.03. The lowest BCUT2D eigenvalue weighted by molar-refractivity contribution is 1.19. The van der Waals surface area contributed by atoms with Gasteiger partial charge in [-0.25, -0.2) is 15.0 Å². The van der Waals surface area contributed by atoms with Gasteiger partial charge in [-0.15, -0.1) is 0 Å². The fourth-order valence-electron chi connectivity index (χ4n) is 2.79. The molecule has 0 saturated carbocycles. The van der Waals surface area contributed by atoms with E-state index in [1.807, 2.05) is 30.3 Å². The Bertz CT molecular complexity index is 1060. The third-order valence-corrected chi connectivity index (χ3v) is 4.39. The summed E-state index contributed by atoms with van der Waals surface area (Å²) in [5, 5.41) is 1.43. The first-order chi connectivity index (χ1) is 12.1. The van der Waals surface area contributed by atoms with E-state index < -0.39 is 0 Å². The fourth-order valence-corrected chi connectivity index (χ4v) is 2.91. The number of aryl methyl sites for hydroxylation is 1. The predicted octanol–water partition coefficient (Wildman–Crippen LogP) is 4.90. The highest BCUT2D eigenvalue weighted by atomic mass is 35.5. The van der Waals surface area contributed by atoms with Crippen LogP contribution in [0.4, 0.5) is 5.82 Å². The Morgan fingerprint density at radius 2 is 1.56 bits per heavy atom. The van der Waals surface area contributed by atoms with Crippen LogP contribution < -0.4 is 5.73 Å². The first kappa shape index (κ1) is 15.5. The Hall–Kier alpha value is -2.98. The van der Waals surface area contributed by atoms with Crippen LogP contribution >= 0.6 is 11.6 Å². The highest BCUT2D eigenvalue weighted by molar-refractivity contribution is 6.30. The molecule has 0 aliphatic heterocycles. The van der Waals surface area contributed by atoms with Gasteiger partial charge in [-0.2, -0.15) is 0 Å². The maximum Gasteiger partial charge on any atom is 0.165 e. The number of hydrogen-bond donors (Lipinski definition) is 1. The van der Waals surface area contributed by atoms with Gasteiger partial charge in [-0.3, -0.25) is 0 Å². The quantitative estimate of drug-likeness (QED) is 0.560. The molecule has 4 nitrogen and oxygen atoms in total. The number of fused-ring (bicyclic) bond motifs is 1. The zero-order valence-electron chi connectivity index (χ0n) is 13.6. The summed E-state index contributed by atoms with van der Waals surface area (Å²) >= 11 is 6.03. The van der Waals surface area contributed by atoms with Crippen LogP contribution in [0.3, 0.4) is 0 Å². The highest BCUT2D eigenvalue weighted by Gasteiger charge is 2.13. The van der Waals surface area contributed by atoms with Gasteiger partial charge >= 0.3 is 0 Å². The minimum Gasteiger partial charge on any atom is -0.383 e. The minimum absolute atomic E-state index is 0.425. The summed E-state index contributed by atoms with van der Waals surface area (Å²) in [7, 11) is 0. The second-order valence-electron chi connectivity index (χ2n) is 5.89. The summed E-state index contributed by atoms with van der Waals surface area (Å²) in [4.78, 5) is 13.1. The van der Waals surface area contributed by atoms with Gasteiger partial charge in [0.2, 0.25) is 0 Å². The molecule has 0 aliphatic rings. The van der Waals surface area contributed by atoms with Crippen molar-refractivity contribution in [3.8, 4) is 22.4 Å². The maximum absolute atomic E-state index is 6.03. The molecule has 0 saturated heterocycles. The number of rotatable bonds is 2. The third kappa shape index (κ3) is 2.92. The number of hydrogen-bond acceptors (Lipinski definition) is 4. The molecular weight excluding hydrogens is 332 g/mol. The summed E-state index contributed by atoms with van der Waals surface area (Å²) in [5.74, 6) is 0.425. The number of halogens is 1. The Kier molecular flexibility index (Phi) is 3.82. The van der Waals surface area contributed by atoms with Crippen LogP contribution in [0.1, 0.15) is 5.56 Å². The molecule has 0 unspecified atom stereocenters. The number of nitrogens with zero attached hydrogens (tertiary/aromatic N) is 3. The average Bonchev–Trinajstić information content (AvgIpc) is 2.63. The molecule has 2 heterocycles.